The third kappa shape index (κ3) is 2.47. The summed E-state index contributed by atoms with van der Waals surface area (Å²) in [5.41, 5.74) is -0.900. The van der Waals surface area contributed by atoms with Crippen molar-refractivity contribution in [2.24, 2.45) is 5.41 Å². The minimum absolute atomic E-state index is 0.189. The van der Waals surface area contributed by atoms with Crippen LogP contribution < -0.4 is 10.5 Å². The molecule has 2 heterocycles. The summed E-state index contributed by atoms with van der Waals surface area (Å²) >= 11 is 0. The number of nitrogens with one attached hydrogen (secondary N) is 1. The molecule has 1 fully saturated rings. The van der Waals surface area contributed by atoms with Crippen LogP contribution >= 0.6 is 0 Å². The predicted molar refractivity (Wildman–Crippen MR) is 71.4 cm³/mol. The second-order valence-electron chi connectivity index (χ2n) is 5.01. The summed E-state index contributed by atoms with van der Waals surface area (Å²) in [7, 11) is 0. The van der Waals surface area contributed by atoms with Crippen molar-refractivity contribution in [3.8, 4) is 0 Å². The molecule has 1 aliphatic rings. The molecule has 6 heteroatoms. The summed E-state index contributed by atoms with van der Waals surface area (Å²) in [6.07, 6.45) is 1.83. The largest absolute Gasteiger partial charge is 0.481 e. The Morgan fingerprint density at radius 3 is 2.84 bits per heavy atom. The lowest BCUT2D eigenvalue weighted by Gasteiger charge is -2.23. The molecule has 0 radical (unpaired) electrons. The Kier molecular flexibility index (Phi) is 3.59. The number of carbonyl (C=O) groups is 1. The van der Waals surface area contributed by atoms with Gasteiger partial charge < -0.3 is 15.0 Å². The molecule has 2 rings (SSSR count). The van der Waals surface area contributed by atoms with E-state index in [9.17, 15) is 14.7 Å². The molecule has 0 spiro atoms. The van der Waals surface area contributed by atoms with Gasteiger partial charge in [0.15, 0.2) is 0 Å². The fraction of sp³-hybridized carbons (Fsp3) is 0.615. The zero-order valence-electron chi connectivity index (χ0n) is 11.3. The van der Waals surface area contributed by atoms with Crippen LogP contribution in [-0.4, -0.2) is 34.1 Å². The monoisotopic (exact) mass is 265 g/mol. The van der Waals surface area contributed by atoms with E-state index in [0.29, 0.717) is 44.0 Å². The maximum Gasteiger partial charge on any atom is 0.311 e. The summed E-state index contributed by atoms with van der Waals surface area (Å²) < 4.78 is 0. The average Bonchev–Trinajstić information content (AvgIpc) is 2.83. The molecule has 0 bridgehead atoms. The van der Waals surface area contributed by atoms with Crippen molar-refractivity contribution in [2.45, 2.75) is 33.1 Å². The highest BCUT2D eigenvalue weighted by Crippen LogP contribution is 2.35. The minimum atomic E-state index is -0.766. The fourth-order valence-corrected chi connectivity index (χ4v) is 2.51. The van der Waals surface area contributed by atoms with Crippen molar-refractivity contribution in [1.29, 1.82) is 0 Å². The van der Waals surface area contributed by atoms with E-state index in [0.717, 1.165) is 0 Å². The molecule has 1 saturated heterocycles. The van der Waals surface area contributed by atoms with Crippen LogP contribution in [0.3, 0.4) is 0 Å². The van der Waals surface area contributed by atoms with Crippen LogP contribution in [0.1, 0.15) is 32.5 Å². The van der Waals surface area contributed by atoms with Gasteiger partial charge in [-0.05, 0) is 12.8 Å². The Morgan fingerprint density at radius 2 is 2.32 bits per heavy atom. The average molecular weight is 265 g/mol. The number of anilines is 1. The zero-order chi connectivity index (χ0) is 14.0. The van der Waals surface area contributed by atoms with E-state index in [2.05, 4.69) is 9.97 Å². The molecule has 6 nitrogen and oxygen atoms in total. The lowest BCUT2D eigenvalue weighted by atomic mass is 9.84. The summed E-state index contributed by atoms with van der Waals surface area (Å²) in [6.45, 7) is 4.85. The Hall–Kier alpha value is -1.85. The van der Waals surface area contributed by atoms with E-state index < -0.39 is 11.4 Å². The van der Waals surface area contributed by atoms with Crippen LogP contribution in [0.2, 0.25) is 0 Å². The van der Waals surface area contributed by atoms with Crippen molar-refractivity contribution in [1.82, 2.24) is 9.97 Å². The number of aryl methyl sites for hydroxylation is 1. The van der Waals surface area contributed by atoms with Gasteiger partial charge in [-0.25, -0.2) is 4.98 Å². The van der Waals surface area contributed by atoms with E-state index in [1.54, 1.807) is 0 Å². The van der Waals surface area contributed by atoms with Gasteiger partial charge in [0.25, 0.3) is 5.56 Å². The van der Waals surface area contributed by atoms with Gasteiger partial charge in [-0.1, -0.05) is 13.8 Å². The Labute approximate surface area is 111 Å². The first-order chi connectivity index (χ1) is 9.00. The number of aromatic amines is 1. The normalized spacial score (nSPS) is 22.7. The molecule has 0 aromatic carbocycles. The number of carboxylic acid groups (broad SMARTS) is 1. The van der Waals surface area contributed by atoms with Crippen molar-refractivity contribution in [3.63, 3.8) is 0 Å². The molecule has 1 atom stereocenters. The molecule has 1 aliphatic heterocycles. The maximum atomic E-state index is 11.6. The quantitative estimate of drug-likeness (QED) is 0.849. The second-order valence-corrected chi connectivity index (χ2v) is 5.01. The van der Waals surface area contributed by atoms with E-state index >= 15 is 0 Å². The first kappa shape index (κ1) is 13.6. The van der Waals surface area contributed by atoms with Crippen LogP contribution in [0.4, 0.5) is 5.82 Å². The SMILES string of the molecule is CCc1nc(N2CCC(CC)(C(=O)O)C2)cc(=O)[nH]1. The van der Waals surface area contributed by atoms with E-state index in [4.69, 9.17) is 0 Å². The van der Waals surface area contributed by atoms with E-state index in [-0.39, 0.29) is 5.56 Å². The van der Waals surface area contributed by atoms with Gasteiger partial charge in [-0.15, -0.1) is 0 Å². The smallest absolute Gasteiger partial charge is 0.311 e. The standard InChI is InChI=1S/C13H19N3O3/c1-3-9-14-10(7-11(17)15-9)16-6-5-13(4-2,8-16)12(18)19/h7H,3-6,8H2,1-2H3,(H,18,19)(H,14,15,17). The maximum absolute atomic E-state index is 11.6. The Morgan fingerprint density at radius 1 is 1.58 bits per heavy atom. The summed E-state index contributed by atoms with van der Waals surface area (Å²) in [6, 6.07) is 1.44. The molecule has 19 heavy (non-hydrogen) atoms. The van der Waals surface area contributed by atoms with Crippen LogP contribution in [0.15, 0.2) is 10.9 Å². The molecular formula is C13H19N3O3. The van der Waals surface area contributed by atoms with Crippen molar-refractivity contribution < 1.29 is 9.90 Å². The van der Waals surface area contributed by atoms with Gasteiger partial charge in [0, 0.05) is 25.6 Å². The topological polar surface area (TPSA) is 86.3 Å². The number of hydrogen-bond donors (Lipinski definition) is 2. The predicted octanol–water partition coefficient (Wildman–Crippen LogP) is 1.02. The second kappa shape index (κ2) is 5.03. The Balaban J connectivity index is 2.28. The van der Waals surface area contributed by atoms with Crippen LogP contribution in [-0.2, 0) is 11.2 Å². The summed E-state index contributed by atoms with van der Waals surface area (Å²) in [5.74, 6) is 0.446. The third-order valence-electron chi connectivity index (χ3n) is 3.92. The van der Waals surface area contributed by atoms with Gasteiger partial charge in [-0.2, -0.15) is 0 Å². The number of rotatable bonds is 4. The van der Waals surface area contributed by atoms with Gasteiger partial charge in [0.05, 0.1) is 5.41 Å². The van der Waals surface area contributed by atoms with E-state index in [1.165, 1.54) is 6.07 Å². The van der Waals surface area contributed by atoms with Gasteiger partial charge >= 0.3 is 5.97 Å². The van der Waals surface area contributed by atoms with Crippen LogP contribution in [0, 0.1) is 5.41 Å². The summed E-state index contributed by atoms with van der Waals surface area (Å²) in [4.78, 5) is 31.9. The van der Waals surface area contributed by atoms with Gasteiger partial charge in [0.2, 0.25) is 0 Å². The molecule has 0 amide bonds. The highest BCUT2D eigenvalue weighted by Gasteiger charge is 2.43. The molecule has 0 aliphatic carbocycles. The van der Waals surface area contributed by atoms with Gasteiger partial charge in [-0.3, -0.25) is 9.59 Å². The highest BCUT2D eigenvalue weighted by atomic mass is 16.4. The summed E-state index contributed by atoms with van der Waals surface area (Å²) in [5, 5.41) is 9.37. The Bertz CT molecular complexity index is 540. The number of H-pyrrole nitrogens is 1. The lowest BCUT2D eigenvalue weighted by molar-refractivity contribution is -0.147. The molecule has 1 unspecified atom stereocenters. The molecule has 1 aromatic heterocycles. The zero-order valence-corrected chi connectivity index (χ0v) is 11.3. The number of carboxylic acids is 1. The van der Waals surface area contributed by atoms with Crippen molar-refractivity contribution >= 4 is 11.8 Å². The minimum Gasteiger partial charge on any atom is -0.481 e. The molecule has 2 N–H and O–H groups in total. The lowest BCUT2D eigenvalue weighted by Crippen LogP contribution is -2.34. The van der Waals surface area contributed by atoms with Crippen LogP contribution in [0.5, 0.6) is 0 Å². The van der Waals surface area contributed by atoms with Crippen molar-refractivity contribution in [3.05, 3.63) is 22.2 Å². The molecule has 104 valence electrons. The van der Waals surface area contributed by atoms with Gasteiger partial charge in [0.1, 0.15) is 11.6 Å². The molecular weight excluding hydrogens is 246 g/mol. The highest BCUT2D eigenvalue weighted by molar-refractivity contribution is 5.76. The number of aliphatic carboxylic acids is 1. The number of nitrogens with zero attached hydrogens (tertiary/aromatic N) is 2. The number of aromatic nitrogens is 2. The first-order valence-electron chi connectivity index (χ1n) is 6.59. The fourth-order valence-electron chi connectivity index (χ4n) is 2.51. The van der Waals surface area contributed by atoms with Crippen molar-refractivity contribution in [2.75, 3.05) is 18.0 Å². The first-order valence-corrected chi connectivity index (χ1v) is 6.59. The molecule has 0 saturated carbocycles. The molecule has 1 aromatic rings. The number of hydrogen-bond acceptors (Lipinski definition) is 4. The third-order valence-corrected chi connectivity index (χ3v) is 3.92. The van der Waals surface area contributed by atoms with E-state index in [1.807, 2.05) is 18.7 Å². The van der Waals surface area contributed by atoms with Crippen LogP contribution in [0.25, 0.3) is 0 Å².